The van der Waals surface area contributed by atoms with E-state index in [9.17, 15) is 9.59 Å². The van der Waals surface area contributed by atoms with E-state index in [2.05, 4.69) is 10.1 Å². The summed E-state index contributed by atoms with van der Waals surface area (Å²) in [5, 5.41) is 6.75. The lowest BCUT2D eigenvalue weighted by Gasteiger charge is -2.15. The number of rotatable bonds is 3. The Morgan fingerprint density at radius 1 is 1.21 bits per heavy atom. The number of para-hydroxylation sites is 1. The average molecular weight is 393 g/mol. The number of fused-ring (bicyclic) bond motifs is 1. The molecule has 140 valence electrons. The van der Waals surface area contributed by atoms with E-state index in [1.54, 1.807) is 23.1 Å². The van der Waals surface area contributed by atoms with Crippen LogP contribution in [0.25, 0.3) is 21.7 Å². The SMILES string of the molecule is O=C(c1cc2ccccc2oc1=O)N1CC[C@H](c2noc(-c3cccs3)n2)C1. The molecule has 5 rings (SSSR count). The van der Waals surface area contributed by atoms with Crippen molar-refractivity contribution < 1.29 is 13.7 Å². The maximum Gasteiger partial charge on any atom is 0.349 e. The quantitative estimate of drug-likeness (QED) is 0.495. The second-order valence-electron chi connectivity index (χ2n) is 6.66. The van der Waals surface area contributed by atoms with Crippen molar-refractivity contribution in [1.29, 1.82) is 0 Å². The van der Waals surface area contributed by atoms with E-state index >= 15 is 0 Å². The van der Waals surface area contributed by atoms with Crippen LogP contribution in [0.5, 0.6) is 0 Å². The molecule has 1 aromatic carbocycles. The molecule has 0 aliphatic carbocycles. The molecule has 0 saturated carbocycles. The first kappa shape index (κ1) is 16.9. The highest BCUT2D eigenvalue weighted by Crippen LogP contribution is 2.29. The van der Waals surface area contributed by atoms with Gasteiger partial charge in [-0.2, -0.15) is 4.98 Å². The Hall–Kier alpha value is -3.26. The number of carbonyl (C=O) groups is 1. The van der Waals surface area contributed by atoms with Crippen LogP contribution in [0.1, 0.15) is 28.5 Å². The van der Waals surface area contributed by atoms with Crippen molar-refractivity contribution in [1.82, 2.24) is 15.0 Å². The minimum absolute atomic E-state index is 0.0195. The van der Waals surface area contributed by atoms with Gasteiger partial charge in [0.15, 0.2) is 5.82 Å². The molecule has 1 saturated heterocycles. The van der Waals surface area contributed by atoms with Crippen LogP contribution in [0.15, 0.2) is 61.6 Å². The third kappa shape index (κ3) is 2.91. The number of thiophene rings is 1. The predicted octanol–water partition coefficient (Wildman–Crippen LogP) is 3.53. The maximum atomic E-state index is 12.9. The molecule has 0 spiro atoms. The van der Waals surface area contributed by atoms with Crippen LogP contribution >= 0.6 is 11.3 Å². The number of likely N-dealkylation sites (tertiary alicyclic amines) is 1. The number of benzene rings is 1. The summed E-state index contributed by atoms with van der Waals surface area (Å²) >= 11 is 1.53. The van der Waals surface area contributed by atoms with E-state index < -0.39 is 5.63 Å². The lowest BCUT2D eigenvalue weighted by Crippen LogP contribution is -2.32. The van der Waals surface area contributed by atoms with Crippen LogP contribution in [0, 0.1) is 0 Å². The molecule has 1 amide bonds. The van der Waals surface area contributed by atoms with Crippen molar-refractivity contribution in [3.8, 4) is 10.8 Å². The van der Waals surface area contributed by atoms with Gasteiger partial charge in [-0.05, 0) is 30.0 Å². The lowest BCUT2D eigenvalue weighted by atomic mass is 10.1. The van der Waals surface area contributed by atoms with Crippen molar-refractivity contribution in [2.75, 3.05) is 13.1 Å². The largest absolute Gasteiger partial charge is 0.422 e. The van der Waals surface area contributed by atoms with Crippen molar-refractivity contribution >= 4 is 28.2 Å². The molecule has 4 heterocycles. The average Bonchev–Trinajstić information content (AvgIpc) is 3.47. The predicted molar refractivity (Wildman–Crippen MR) is 103 cm³/mol. The van der Waals surface area contributed by atoms with Crippen LogP contribution in [0.3, 0.4) is 0 Å². The normalized spacial score (nSPS) is 16.7. The summed E-state index contributed by atoms with van der Waals surface area (Å²) in [6.07, 6.45) is 0.716. The minimum Gasteiger partial charge on any atom is -0.422 e. The molecule has 1 atom stereocenters. The summed E-state index contributed by atoms with van der Waals surface area (Å²) in [7, 11) is 0. The smallest absolute Gasteiger partial charge is 0.349 e. The van der Waals surface area contributed by atoms with Crippen molar-refractivity contribution in [2.24, 2.45) is 0 Å². The highest BCUT2D eigenvalue weighted by molar-refractivity contribution is 7.13. The summed E-state index contributed by atoms with van der Waals surface area (Å²) in [6.45, 7) is 0.965. The number of hydrogen-bond donors (Lipinski definition) is 0. The van der Waals surface area contributed by atoms with E-state index in [-0.39, 0.29) is 17.4 Å². The van der Waals surface area contributed by atoms with Gasteiger partial charge in [-0.1, -0.05) is 29.4 Å². The molecular formula is C20H15N3O4S. The van der Waals surface area contributed by atoms with Gasteiger partial charge in [0.25, 0.3) is 11.8 Å². The topological polar surface area (TPSA) is 89.4 Å². The van der Waals surface area contributed by atoms with E-state index in [4.69, 9.17) is 8.94 Å². The third-order valence-corrected chi connectivity index (χ3v) is 5.74. The summed E-state index contributed by atoms with van der Waals surface area (Å²) in [6, 6.07) is 12.6. The monoisotopic (exact) mass is 393 g/mol. The van der Waals surface area contributed by atoms with Crippen LogP contribution in [-0.2, 0) is 0 Å². The molecule has 4 aromatic rings. The Labute approximate surface area is 163 Å². The molecule has 0 radical (unpaired) electrons. The second-order valence-corrected chi connectivity index (χ2v) is 7.60. The molecule has 0 bridgehead atoms. The van der Waals surface area contributed by atoms with Crippen molar-refractivity contribution in [3.63, 3.8) is 0 Å². The molecule has 0 N–H and O–H groups in total. The number of carbonyl (C=O) groups excluding carboxylic acids is 1. The number of aromatic nitrogens is 2. The van der Waals surface area contributed by atoms with Gasteiger partial charge in [0, 0.05) is 24.4 Å². The summed E-state index contributed by atoms with van der Waals surface area (Å²) in [5.74, 6) is 0.729. The Morgan fingerprint density at radius 3 is 2.96 bits per heavy atom. The van der Waals surface area contributed by atoms with Crippen molar-refractivity contribution in [3.05, 3.63) is 69.7 Å². The fourth-order valence-electron chi connectivity index (χ4n) is 3.44. The fraction of sp³-hybridized carbons (Fsp3) is 0.200. The summed E-state index contributed by atoms with van der Waals surface area (Å²) in [5.41, 5.74) is -0.102. The number of hydrogen-bond acceptors (Lipinski definition) is 7. The van der Waals surface area contributed by atoms with Gasteiger partial charge in [-0.15, -0.1) is 11.3 Å². The first-order chi connectivity index (χ1) is 13.7. The summed E-state index contributed by atoms with van der Waals surface area (Å²) in [4.78, 5) is 32.2. The molecule has 1 aliphatic rings. The third-order valence-electron chi connectivity index (χ3n) is 4.89. The molecule has 1 fully saturated rings. The molecule has 8 heteroatoms. The highest BCUT2D eigenvalue weighted by Gasteiger charge is 2.32. The van der Waals surface area contributed by atoms with E-state index in [1.165, 1.54) is 11.3 Å². The first-order valence-electron chi connectivity index (χ1n) is 8.89. The van der Waals surface area contributed by atoms with Crippen molar-refractivity contribution in [2.45, 2.75) is 12.3 Å². The zero-order valence-electron chi connectivity index (χ0n) is 14.7. The second kappa shape index (κ2) is 6.72. The van der Waals surface area contributed by atoms with Gasteiger partial charge in [0.2, 0.25) is 0 Å². The van der Waals surface area contributed by atoms with Crippen LogP contribution < -0.4 is 5.63 Å². The van der Waals surface area contributed by atoms with Gasteiger partial charge in [0.05, 0.1) is 4.88 Å². The Bertz CT molecular complexity index is 1210. The zero-order valence-corrected chi connectivity index (χ0v) is 15.5. The minimum atomic E-state index is -0.619. The molecule has 3 aromatic heterocycles. The first-order valence-corrected chi connectivity index (χ1v) is 9.76. The van der Waals surface area contributed by atoms with E-state index in [1.807, 2.05) is 29.6 Å². The van der Waals surface area contributed by atoms with Crippen LogP contribution in [0.4, 0.5) is 0 Å². The molecule has 0 unspecified atom stereocenters. The number of nitrogens with zero attached hydrogens (tertiary/aromatic N) is 3. The zero-order chi connectivity index (χ0) is 19.1. The summed E-state index contributed by atoms with van der Waals surface area (Å²) < 4.78 is 10.6. The number of amides is 1. The van der Waals surface area contributed by atoms with E-state index in [0.29, 0.717) is 36.8 Å². The Morgan fingerprint density at radius 2 is 2.11 bits per heavy atom. The maximum absolute atomic E-state index is 12.9. The van der Waals surface area contributed by atoms with Crippen LogP contribution in [-0.4, -0.2) is 34.0 Å². The molecule has 28 heavy (non-hydrogen) atoms. The molecule has 7 nitrogen and oxygen atoms in total. The fourth-order valence-corrected chi connectivity index (χ4v) is 4.08. The van der Waals surface area contributed by atoms with Gasteiger partial charge in [-0.25, -0.2) is 4.79 Å². The highest BCUT2D eigenvalue weighted by atomic mass is 32.1. The van der Waals surface area contributed by atoms with Gasteiger partial charge in [0.1, 0.15) is 11.1 Å². The molecular weight excluding hydrogens is 378 g/mol. The van der Waals surface area contributed by atoms with E-state index in [0.717, 1.165) is 10.3 Å². The van der Waals surface area contributed by atoms with Crippen LogP contribution in [0.2, 0.25) is 0 Å². The van der Waals surface area contributed by atoms with Gasteiger partial charge < -0.3 is 13.8 Å². The Balaban J connectivity index is 1.37. The Kier molecular flexibility index (Phi) is 4.05. The molecule has 1 aliphatic heterocycles. The van der Waals surface area contributed by atoms with Gasteiger partial charge in [-0.3, -0.25) is 4.79 Å². The van der Waals surface area contributed by atoms with Gasteiger partial charge >= 0.3 is 5.63 Å². The standard InChI is InChI=1S/C20H15N3O4S/c24-19(14-10-12-4-1-2-5-15(12)26-20(14)25)23-8-7-13(11-23)17-21-18(27-22-17)16-6-3-9-28-16/h1-6,9-10,13H,7-8,11H2/t13-/m0/s1. The lowest BCUT2D eigenvalue weighted by molar-refractivity contribution is 0.0786.